The lowest BCUT2D eigenvalue weighted by molar-refractivity contribution is -0.385. The van der Waals surface area contributed by atoms with E-state index in [1.54, 1.807) is 23.9 Å². The zero-order valence-corrected chi connectivity index (χ0v) is 16.4. The van der Waals surface area contributed by atoms with Crippen LogP contribution in [0.5, 0.6) is 0 Å². The van der Waals surface area contributed by atoms with Crippen LogP contribution in [0, 0.1) is 30.9 Å². The summed E-state index contributed by atoms with van der Waals surface area (Å²) in [5.74, 6) is 0. The summed E-state index contributed by atoms with van der Waals surface area (Å²) in [4.78, 5) is 13.3. The highest BCUT2D eigenvalue weighted by Crippen LogP contribution is 2.35. The van der Waals surface area contributed by atoms with Crippen molar-refractivity contribution in [1.29, 1.82) is 0 Å². The number of rotatable bonds is 6. The molecule has 2 aromatic rings. The van der Waals surface area contributed by atoms with Crippen LogP contribution in [0.25, 0.3) is 0 Å². The van der Waals surface area contributed by atoms with Crippen LogP contribution < -0.4 is 0 Å². The van der Waals surface area contributed by atoms with E-state index in [-0.39, 0.29) is 10.6 Å². The van der Waals surface area contributed by atoms with Crippen molar-refractivity contribution in [2.75, 3.05) is 0 Å². The molecular weight excluding hydrogens is 330 g/mol. The summed E-state index contributed by atoms with van der Waals surface area (Å²) < 4.78 is 0. The second-order valence-corrected chi connectivity index (χ2v) is 7.68. The third-order valence-electron chi connectivity index (χ3n) is 4.27. The molecule has 0 aromatic heterocycles. The SMILES string of the molecule is CC/C(C)=C(\Cc1cc(C)cc([N+](=O)[O-])c1)Sc1ccc(C)cc1C. The molecule has 0 N–H and O–H groups in total. The molecule has 0 bridgehead atoms. The van der Waals surface area contributed by atoms with Crippen LogP contribution in [0.3, 0.4) is 0 Å². The van der Waals surface area contributed by atoms with E-state index in [4.69, 9.17) is 0 Å². The third kappa shape index (κ3) is 5.20. The molecule has 0 heterocycles. The molecular formula is C21H25NO2S. The van der Waals surface area contributed by atoms with Crippen LogP contribution >= 0.6 is 11.8 Å². The topological polar surface area (TPSA) is 43.1 Å². The molecule has 0 atom stereocenters. The minimum absolute atomic E-state index is 0.167. The van der Waals surface area contributed by atoms with E-state index in [0.717, 1.165) is 24.0 Å². The summed E-state index contributed by atoms with van der Waals surface area (Å²) in [7, 11) is 0. The molecule has 2 aromatic carbocycles. The maximum Gasteiger partial charge on any atom is 0.269 e. The van der Waals surface area contributed by atoms with Gasteiger partial charge in [0.25, 0.3) is 5.69 Å². The molecule has 25 heavy (non-hydrogen) atoms. The first-order chi connectivity index (χ1) is 11.8. The number of hydrogen-bond donors (Lipinski definition) is 0. The van der Waals surface area contributed by atoms with Gasteiger partial charge in [-0.25, -0.2) is 0 Å². The third-order valence-corrected chi connectivity index (χ3v) is 5.68. The van der Waals surface area contributed by atoms with E-state index < -0.39 is 0 Å². The van der Waals surface area contributed by atoms with E-state index in [9.17, 15) is 10.1 Å². The Bertz CT molecular complexity index is 825. The molecule has 0 unspecified atom stereocenters. The zero-order valence-electron chi connectivity index (χ0n) is 15.6. The number of allylic oxidation sites excluding steroid dienone is 2. The standard InChI is InChI=1S/C21H25NO2S/c1-6-16(4)21(25-20-8-7-14(2)9-17(20)5)13-18-10-15(3)11-19(12-18)22(23)24/h7-12H,6,13H2,1-5H3/b21-16+. The Morgan fingerprint density at radius 1 is 1.08 bits per heavy atom. The van der Waals surface area contributed by atoms with Crippen molar-refractivity contribution < 1.29 is 4.92 Å². The normalized spacial score (nSPS) is 12.0. The summed E-state index contributed by atoms with van der Waals surface area (Å²) >= 11 is 1.78. The van der Waals surface area contributed by atoms with Gasteiger partial charge in [-0.2, -0.15) is 0 Å². The van der Waals surface area contributed by atoms with Crippen molar-refractivity contribution in [1.82, 2.24) is 0 Å². The highest BCUT2D eigenvalue weighted by Gasteiger charge is 2.12. The molecule has 0 radical (unpaired) electrons. The summed E-state index contributed by atoms with van der Waals surface area (Å²) in [6.07, 6.45) is 1.70. The van der Waals surface area contributed by atoms with E-state index in [2.05, 4.69) is 45.9 Å². The molecule has 0 fully saturated rings. The van der Waals surface area contributed by atoms with Crippen LogP contribution in [0.15, 0.2) is 51.8 Å². The molecule has 0 saturated heterocycles. The predicted molar refractivity (Wildman–Crippen MR) is 106 cm³/mol. The molecule has 0 amide bonds. The average molecular weight is 356 g/mol. The van der Waals surface area contributed by atoms with Crippen molar-refractivity contribution in [3.63, 3.8) is 0 Å². The second kappa shape index (κ2) is 8.34. The molecule has 0 aliphatic rings. The van der Waals surface area contributed by atoms with Crippen LogP contribution in [0.2, 0.25) is 0 Å². The molecule has 2 rings (SSSR count). The van der Waals surface area contributed by atoms with Gasteiger partial charge in [0.2, 0.25) is 0 Å². The van der Waals surface area contributed by atoms with Gasteiger partial charge in [-0.3, -0.25) is 10.1 Å². The van der Waals surface area contributed by atoms with Crippen LogP contribution in [0.4, 0.5) is 5.69 Å². The first kappa shape index (κ1) is 19.3. The fourth-order valence-electron chi connectivity index (χ4n) is 2.75. The number of aryl methyl sites for hydroxylation is 3. The largest absolute Gasteiger partial charge is 0.269 e. The van der Waals surface area contributed by atoms with E-state index in [1.165, 1.54) is 26.5 Å². The van der Waals surface area contributed by atoms with Gasteiger partial charge in [0.1, 0.15) is 0 Å². The second-order valence-electron chi connectivity index (χ2n) is 6.54. The summed E-state index contributed by atoms with van der Waals surface area (Å²) in [6.45, 7) is 10.4. The first-order valence-electron chi connectivity index (χ1n) is 8.48. The molecule has 0 aliphatic heterocycles. The highest BCUT2D eigenvalue weighted by atomic mass is 32.2. The smallest absolute Gasteiger partial charge is 0.258 e. The Hall–Kier alpha value is -2.07. The molecule has 0 spiro atoms. The lowest BCUT2D eigenvalue weighted by Gasteiger charge is -2.14. The average Bonchev–Trinajstić information content (AvgIpc) is 2.55. The zero-order chi connectivity index (χ0) is 18.6. The number of non-ortho nitro benzene ring substituents is 1. The van der Waals surface area contributed by atoms with Crippen molar-refractivity contribution in [2.24, 2.45) is 0 Å². The quantitative estimate of drug-likeness (QED) is 0.336. The molecule has 132 valence electrons. The van der Waals surface area contributed by atoms with E-state index in [1.807, 2.05) is 13.0 Å². The van der Waals surface area contributed by atoms with Crippen molar-refractivity contribution in [3.05, 3.63) is 79.2 Å². The van der Waals surface area contributed by atoms with Crippen molar-refractivity contribution in [2.45, 2.75) is 52.4 Å². The summed E-state index contributed by atoms with van der Waals surface area (Å²) in [5, 5.41) is 11.1. The molecule has 0 aliphatic carbocycles. The Morgan fingerprint density at radius 2 is 1.80 bits per heavy atom. The molecule has 4 heteroatoms. The Morgan fingerprint density at radius 3 is 2.40 bits per heavy atom. The fraction of sp³-hybridized carbons (Fsp3) is 0.333. The van der Waals surface area contributed by atoms with E-state index in [0.29, 0.717) is 0 Å². The number of nitrogens with zero attached hydrogens (tertiary/aromatic N) is 1. The predicted octanol–water partition coefficient (Wildman–Crippen LogP) is 6.54. The minimum atomic E-state index is -0.316. The maximum atomic E-state index is 11.1. The summed E-state index contributed by atoms with van der Waals surface area (Å²) in [6, 6.07) is 11.8. The fourth-order valence-corrected chi connectivity index (χ4v) is 3.93. The van der Waals surface area contributed by atoms with E-state index >= 15 is 0 Å². The number of thioether (sulfide) groups is 1. The van der Waals surface area contributed by atoms with Gasteiger partial charge in [-0.15, -0.1) is 0 Å². The molecule has 0 saturated carbocycles. The Balaban J connectivity index is 2.35. The van der Waals surface area contributed by atoms with Crippen LogP contribution in [-0.2, 0) is 6.42 Å². The van der Waals surface area contributed by atoms with Gasteiger partial charge in [0, 0.05) is 23.4 Å². The minimum Gasteiger partial charge on any atom is -0.258 e. The number of benzene rings is 2. The summed E-state index contributed by atoms with van der Waals surface area (Å²) in [5.41, 5.74) is 5.94. The number of hydrogen-bond acceptors (Lipinski definition) is 3. The van der Waals surface area contributed by atoms with Crippen LogP contribution in [-0.4, -0.2) is 4.92 Å². The van der Waals surface area contributed by atoms with Gasteiger partial charge < -0.3 is 0 Å². The maximum absolute atomic E-state index is 11.1. The monoisotopic (exact) mass is 355 g/mol. The van der Waals surface area contributed by atoms with Gasteiger partial charge in [0.15, 0.2) is 0 Å². The van der Waals surface area contributed by atoms with Crippen LogP contribution in [0.1, 0.15) is 42.5 Å². The highest BCUT2D eigenvalue weighted by molar-refractivity contribution is 8.03. The van der Waals surface area contributed by atoms with Gasteiger partial charge in [-0.1, -0.05) is 48.0 Å². The number of nitro groups is 1. The molecule has 3 nitrogen and oxygen atoms in total. The van der Waals surface area contributed by atoms with Gasteiger partial charge >= 0.3 is 0 Å². The number of nitro benzene ring substituents is 1. The first-order valence-corrected chi connectivity index (χ1v) is 9.30. The van der Waals surface area contributed by atoms with Gasteiger partial charge in [-0.05, 0) is 61.8 Å². The Kier molecular flexibility index (Phi) is 6.43. The van der Waals surface area contributed by atoms with Crippen molar-refractivity contribution in [3.8, 4) is 0 Å². The van der Waals surface area contributed by atoms with Crippen molar-refractivity contribution >= 4 is 17.4 Å². The Labute approximate surface area is 154 Å². The lowest BCUT2D eigenvalue weighted by atomic mass is 10.1. The van der Waals surface area contributed by atoms with Gasteiger partial charge in [0.05, 0.1) is 4.92 Å². The lowest BCUT2D eigenvalue weighted by Crippen LogP contribution is -1.96.